The summed E-state index contributed by atoms with van der Waals surface area (Å²) in [6, 6.07) is 14.5. The van der Waals surface area contributed by atoms with Crippen molar-refractivity contribution in [3.63, 3.8) is 0 Å². The minimum absolute atomic E-state index is 0.175. The smallest absolute Gasteiger partial charge is 0.338 e. The number of amides is 3. The SMILES string of the molecule is CCOC(=O)c1ccc(N2C(=O)[C@H]3[C@@H](C2=O)[C@@]2(N[C@@H]3Cc3ccc(O)c(O)c3)C(=O)Nc3ccc(Cl)cc32)cc1. The Kier molecular flexibility index (Phi) is 6.04. The van der Waals surface area contributed by atoms with Crippen LogP contribution in [0.2, 0.25) is 5.02 Å². The molecule has 204 valence electrons. The number of ether oxygens (including phenoxy) is 1. The third kappa shape index (κ3) is 3.75. The lowest BCUT2D eigenvalue weighted by molar-refractivity contribution is -0.130. The molecule has 3 aromatic carbocycles. The Morgan fingerprint density at radius 1 is 1.00 bits per heavy atom. The van der Waals surface area contributed by atoms with Crippen LogP contribution >= 0.6 is 11.6 Å². The topological polar surface area (TPSA) is 145 Å². The lowest BCUT2D eigenvalue weighted by Crippen LogP contribution is -2.53. The van der Waals surface area contributed by atoms with Crippen molar-refractivity contribution < 1.29 is 34.1 Å². The number of imide groups is 1. The van der Waals surface area contributed by atoms with Gasteiger partial charge in [0.2, 0.25) is 17.7 Å². The molecule has 0 saturated carbocycles. The number of hydrogen-bond donors (Lipinski definition) is 4. The number of rotatable bonds is 5. The number of nitrogens with one attached hydrogen (secondary N) is 2. The van der Waals surface area contributed by atoms with Gasteiger partial charge in [-0.1, -0.05) is 17.7 Å². The Bertz CT molecular complexity index is 1590. The highest BCUT2D eigenvalue weighted by Crippen LogP contribution is 2.54. The Balaban J connectivity index is 1.44. The van der Waals surface area contributed by atoms with Gasteiger partial charge in [-0.15, -0.1) is 0 Å². The summed E-state index contributed by atoms with van der Waals surface area (Å²) in [5.41, 5.74) is 0.509. The predicted octanol–water partition coefficient (Wildman–Crippen LogP) is 3.10. The van der Waals surface area contributed by atoms with E-state index in [0.29, 0.717) is 21.8 Å². The van der Waals surface area contributed by atoms with Crippen LogP contribution in [0.15, 0.2) is 60.7 Å². The summed E-state index contributed by atoms with van der Waals surface area (Å²) in [5.74, 6) is -4.72. The van der Waals surface area contributed by atoms with E-state index in [1.165, 1.54) is 36.4 Å². The van der Waals surface area contributed by atoms with Crippen molar-refractivity contribution in [2.45, 2.75) is 24.9 Å². The Morgan fingerprint density at radius 2 is 1.75 bits per heavy atom. The van der Waals surface area contributed by atoms with Crippen LogP contribution in [0.4, 0.5) is 11.4 Å². The molecule has 3 aliphatic heterocycles. The van der Waals surface area contributed by atoms with Crippen molar-refractivity contribution in [3.05, 3.63) is 82.4 Å². The van der Waals surface area contributed by atoms with E-state index in [4.69, 9.17) is 16.3 Å². The lowest BCUT2D eigenvalue weighted by Gasteiger charge is -2.29. The average molecular weight is 562 g/mol. The largest absolute Gasteiger partial charge is 0.504 e. The number of phenolic OH excluding ortho intramolecular Hbond substituents is 2. The van der Waals surface area contributed by atoms with Crippen molar-refractivity contribution >= 4 is 46.7 Å². The fourth-order valence-electron chi connectivity index (χ4n) is 6.11. The molecule has 0 bridgehead atoms. The zero-order valence-electron chi connectivity index (χ0n) is 21.2. The first-order chi connectivity index (χ1) is 19.1. The highest BCUT2D eigenvalue weighted by Gasteiger charge is 2.70. The van der Waals surface area contributed by atoms with Crippen molar-refractivity contribution in [2.24, 2.45) is 11.8 Å². The second-order valence-corrected chi connectivity index (χ2v) is 10.4. The van der Waals surface area contributed by atoms with Crippen LogP contribution in [-0.4, -0.2) is 46.6 Å². The number of aromatic hydroxyl groups is 2. The molecule has 2 saturated heterocycles. The van der Waals surface area contributed by atoms with Gasteiger partial charge in [0.05, 0.1) is 29.7 Å². The zero-order valence-corrected chi connectivity index (χ0v) is 21.9. The maximum Gasteiger partial charge on any atom is 0.338 e. The van der Waals surface area contributed by atoms with Gasteiger partial charge in [-0.3, -0.25) is 19.7 Å². The van der Waals surface area contributed by atoms with Gasteiger partial charge in [-0.05, 0) is 73.5 Å². The summed E-state index contributed by atoms with van der Waals surface area (Å²) in [4.78, 5) is 54.9. The van der Waals surface area contributed by atoms with Crippen LogP contribution in [-0.2, 0) is 31.1 Å². The maximum atomic E-state index is 14.1. The molecule has 4 N–H and O–H groups in total. The highest BCUT2D eigenvalue weighted by atomic mass is 35.5. The minimum Gasteiger partial charge on any atom is -0.504 e. The first kappa shape index (κ1) is 25.8. The van der Waals surface area contributed by atoms with E-state index in [-0.39, 0.29) is 35.8 Å². The van der Waals surface area contributed by atoms with Crippen LogP contribution in [0.3, 0.4) is 0 Å². The van der Waals surface area contributed by atoms with Crippen LogP contribution in [0, 0.1) is 11.8 Å². The summed E-state index contributed by atoms with van der Waals surface area (Å²) in [7, 11) is 0. The molecule has 0 radical (unpaired) electrons. The van der Waals surface area contributed by atoms with E-state index < -0.39 is 47.1 Å². The molecule has 3 aromatic rings. The van der Waals surface area contributed by atoms with Crippen molar-refractivity contribution in [1.29, 1.82) is 0 Å². The van der Waals surface area contributed by atoms with Gasteiger partial charge in [-0.2, -0.15) is 0 Å². The minimum atomic E-state index is -1.57. The van der Waals surface area contributed by atoms with Crippen molar-refractivity contribution in [3.8, 4) is 11.5 Å². The first-order valence-electron chi connectivity index (χ1n) is 12.7. The number of anilines is 2. The molecule has 0 unspecified atom stereocenters. The third-order valence-electron chi connectivity index (χ3n) is 7.81. The molecular formula is C29H24ClN3O7. The Hall–Kier alpha value is -4.41. The van der Waals surface area contributed by atoms with E-state index in [9.17, 15) is 29.4 Å². The molecule has 0 aliphatic carbocycles. The molecule has 0 aromatic heterocycles. The van der Waals surface area contributed by atoms with Crippen LogP contribution in [0.5, 0.6) is 11.5 Å². The van der Waals surface area contributed by atoms with Crippen molar-refractivity contribution in [1.82, 2.24) is 5.32 Å². The fraction of sp³-hybridized carbons (Fsp3) is 0.241. The molecular weight excluding hydrogens is 538 g/mol. The van der Waals surface area contributed by atoms with Crippen LogP contribution < -0.4 is 15.5 Å². The van der Waals surface area contributed by atoms with Crippen LogP contribution in [0.1, 0.15) is 28.4 Å². The molecule has 2 fully saturated rings. The number of nitrogens with zero attached hydrogens (tertiary/aromatic N) is 1. The molecule has 6 rings (SSSR count). The van der Waals surface area contributed by atoms with Gasteiger partial charge in [0.1, 0.15) is 5.54 Å². The molecule has 11 heteroatoms. The number of carbonyl (C=O) groups is 4. The number of carbonyl (C=O) groups excluding carboxylic acids is 4. The number of phenols is 2. The number of halogens is 1. The summed E-state index contributed by atoms with van der Waals surface area (Å²) < 4.78 is 5.02. The summed E-state index contributed by atoms with van der Waals surface area (Å²) in [6.07, 6.45) is 0.175. The molecule has 10 nitrogen and oxygen atoms in total. The molecule has 3 aliphatic rings. The van der Waals surface area contributed by atoms with Gasteiger partial charge >= 0.3 is 5.97 Å². The number of esters is 1. The number of hydrogen-bond acceptors (Lipinski definition) is 8. The first-order valence-corrected chi connectivity index (χ1v) is 13.1. The quantitative estimate of drug-likeness (QED) is 0.211. The molecule has 3 heterocycles. The number of benzene rings is 3. The van der Waals surface area contributed by atoms with Gasteiger partial charge in [0.15, 0.2) is 11.5 Å². The summed E-state index contributed by atoms with van der Waals surface area (Å²) in [5, 5.41) is 26.3. The summed E-state index contributed by atoms with van der Waals surface area (Å²) in [6.45, 7) is 1.90. The predicted molar refractivity (Wildman–Crippen MR) is 144 cm³/mol. The average Bonchev–Trinajstić information content (AvgIpc) is 3.50. The maximum absolute atomic E-state index is 14.1. The normalized spacial score (nSPS) is 24.8. The lowest BCUT2D eigenvalue weighted by atomic mass is 9.76. The van der Waals surface area contributed by atoms with Gasteiger partial charge < -0.3 is 20.3 Å². The zero-order chi connectivity index (χ0) is 28.3. The monoisotopic (exact) mass is 561 g/mol. The van der Waals surface area contributed by atoms with E-state index in [1.54, 1.807) is 31.2 Å². The second kappa shape index (κ2) is 9.35. The summed E-state index contributed by atoms with van der Waals surface area (Å²) >= 11 is 6.31. The second-order valence-electron chi connectivity index (χ2n) is 10.0. The van der Waals surface area contributed by atoms with E-state index in [0.717, 1.165) is 4.90 Å². The molecule has 1 spiro atoms. The van der Waals surface area contributed by atoms with Gasteiger partial charge in [-0.25, -0.2) is 9.69 Å². The molecule has 4 atom stereocenters. The molecule has 40 heavy (non-hydrogen) atoms. The Morgan fingerprint density at radius 3 is 2.45 bits per heavy atom. The third-order valence-corrected chi connectivity index (χ3v) is 8.04. The Labute approximate surface area is 233 Å². The van der Waals surface area contributed by atoms with E-state index >= 15 is 0 Å². The standard InChI is InChI=1S/C29H24ClN3O7/c1-2-40-27(38)15-4-7-17(8-5-15)33-25(36)23-20(11-14-3-10-21(34)22(35)12-14)32-29(24(23)26(33)37)18-13-16(30)6-9-19(18)31-28(29)39/h3-10,12-13,20,23-24,32,34-35H,2,11H2,1H3,(H,31,39)/t20-,23-,24+,29-/m1/s1. The molecule has 3 amide bonds. The van der Waals surface area contributed by atoms with E-state index in [2.05, 4.69) is 10.6 Å². The fourth-order valence-corrected chi connectivity index (χ4v) is 6.29. The number of fused-ring (bicyclic) bond motifs is 4. The highest BCUT2D eigenvalue weighted by molar-refractivity contribution is 6.31. The van der Waals surface area contributed by atoms with E-state index in [1.807, 2.05) is 0 Å². The van der Waals surface area contributed by atoms with Gasteiger partial charge in [0, 0.05) is 22.3 Å². The van der Waals surface area contributed by atoms with Crippen molar-refractivity contribution in [2.75, 3.05) is 16.8 Å². The van der Waals surface area contributed by atoms with Gasteiger partial charge in [0.25, 0.3) is 0 Å². The van der Waals surface area contributed by atoms with Crippen LogP contribution in [0.25, 0.3) is 0 Å².